The number of hydrogen-bond donors (Lipinski definition) is 2. The van der Waals surface area contributed by atoms with Gasteiger partial charge < -0.3 is 10.4 Å². The Morgan fingerprint density at radius 3 is 2.25 bits per heavy atom. The van der Waals surface area contributed by atoms with Crippen LogP contribution < -0.4 is 5.32 Å². The van der Waals surface area contributed by atoms with Gasteiger partial charge in [-0.05, 0) is 48.9 Å². The number of carbonyl (C=O) groups is 2. The third-order valence-corrected chi connectivity index (χ3v) is 3.09. The summed E-state index contributed by atoms with van der Waals surface area (Å²) < 4.78 is 0. The molecule has 0 radical (unpaired) electrons. The summed E-state index contributed by atoms with van der Waals surface area (Å²) in [5.41, 5.74) is 1.85. The summed E-state index contributed by atoms with van der Waals surface area (Å²) in [5.74, 6) is -1.35. The molecule has 0 unspecified atom stereocenters. The first-order valence-corrected chi connectivity index (χ1v) is 6.26. The summed E-state index contributed by atoms with van der Waals surface area (Å²) >= 11 is 5.76. The summed E-state index contributed by atoms with van der Waals surface area (Å²) in [4.78, 5) is 23.0. The van der Waals surface area contributed by atoms with E-state index in [1.165, 1.54) is 12.1 Å². The number of anilines is 1. The number of carboxylic acids is 1. The van der Waals surface area contributed by atoms with Crippen molar-refractivity contribution in [2.45, 2.75) is 6.92 Å². The number of nitrogens with one attached hydrogen (secondary N) is 1. The number of carboxylic acid groups (broad SMARTS) is 1. The SMILES string of the molecule is Cc1ccc(C(=O)O)cc1NC(=O)c1ccc(Cl)cc1. The van der Waals surface area contributed by atoms with Crippen LogP contribution in [0.25, 0.3) is 0 Å². The van der Waals surface area contributed by atoms with Crippen LogP contribution in [0.15, 0.2) is 42.5 Å². The fraction of sp³-hybridized carbons (Fsp3) is 0.0667. The number of carbonyl (C=O) groups excluding carboxylic acids is 1. The van der Waals surface area contributed by atoms with Gasteiger partial charge in [0, 0.05) is 16.3 Å². The van der Waals surface area contributed by atoms with Crippen molar-refractivity contribution in [2.75, 3.05) is 5.32 Å². The van der Waals surface area contributed by atoms with Crippen molar-refractivity contribution in [3.05, 3.63) is 64.2 Å². The first kappa shape index (κ1) is 14.1. The highest BCUT2D eigenvalue weighted by molar-refractivity contribution is 6.30. The maximum atomic E-state index is 12.1. The van der Waals surface area contributed by atoms with Gasteiger partial charge in [-0.15, -0.1) is 0 Å². The average Bonchev–Trinajstić information content (AvgIpc) is 2.41. The number of hydrogen-bond acceptors (Lipinski definition) is 2. The van der Waals surface area contributed by atoms with Crippen molar-refractivity contribution in [3.63, 3.8) is 0 Å². The number of amides is 1. The Morgan fingerprint density at radius 1 is 1.05 bits per heavy atom. The second-order valence-corrected chi connectivity index (χ2v) is 4.73. The molecule has 5 heteroatoms. The zero-order valence-corrected chi connectivity index (χ0v) is 11.4. The van der Waals surface area contributed by atoms with Gasteiger partial charge in [0.1, 0.15) is 0 Å². The maximum absolute atomic E-state index is 12.1. The summed E-state index contributed by atoms with van der Waals surface area (Å²) in [6.07, 6.45) is 0. The molecule has 0 aromatic heterocycles. The van der Waals surface area contributed by atoms with Gasteiger partial charge >= 0.3 is 5.97 Å². The molecular formula is C15H12ClNO3. The molecule has 20 heavy (non-hydrogen) atoms. The third kappa shape index (κ3) is 3.16. The van der Waals surface area contributed by atoms with Crippen LogP contribution in [0.4, 0.5) is 5.69 Å². The van der Waals surface area contributed by atoms with Crippen molar-refractivity contribution in [3.8, 4) is 0 Å². The summed E-state index contributed by atoms with van der Waals surface area (Å²) in [7, 11) is 0. The Bertz CT molecular complexity index is 665. The Hall–Kier alpha value is -2.33. The van der Waals surface area contributed by atoms with Gasteiger partial charge in [0.25, 0.3) is 5.91 Å². The van der Waals surface area contributed by atoms with E-state index in [9.17, 15) is 9.59 Å². The number of aromatic carboxylic acids is 1. The highest BCUT2D eigenvalue weighted by Crippen LogP contribution is 2.18. The monoisotopic (exact) mass is 289 g/mol. The lowest BCUT2D eigenvalue weighted by Crippen LogP contribution is -2.13. The van der Waals surface area contributed by atoms with Crippen LogP contribution in [0, 0.1) is 6.92 Å². The second-order valence-electron chi connectivity index (χ2n) is 4.30. The minimum atomic E-state index is -1.04. The minimum Gasteiger partial charge on any atom is -0.478 e. The zero-order chi connectivity index (χ0) is 14.7. The lowest BCUT2D eigenvalue weighted by Gasteiger charge is -2.09. The van der Waals surface area contributed by atoms with Crippen molar-refractivity contribution in [1.82, 2.24) is 0 Å². The number of aryl methyl sites for hydroxylation is 1. The van der Waals surface area contributed by atoms with Crippen molar-refractivity contribution < 1.29 is 14.7 Å². The molecule has 102 valence electrons. The van der Waals surface area contributed by atoms with Gasteiger partial charge in [0.15, 0.2) is 0 Å². The van der Waals surface area contributed by atoms with E-state index in [1.807, 2.05) is 0 Å². The van der Waals surface area contributed by atoms with E-state index in [0.29, 0.717) is 16.3 Å². The fourth-order valence-corrected chi connectivity index (χ4v) is 1.81. The summed E-state index contributed by atoms with van der Waals surface area (Å²) in [5, 5.41) is 12.2. The first-order chi connectivity index (χ1) is 9.47. The van der Waals surface area contributed by atoms with Crippen molar-refractivity contribution in [2.24, 2.45) is 0 Å². The second kappa shape index (κ2) is 5.75. The van der Waals surface area contributed by atoms with Crippen molar-refractivity contribution >= 4 is 29.2 Å². The first-order valence-electron chi connectivity index (χ1n) is 5.88. The largest absolute Gasteiger partial charge is 0.478 e. The quantitative estimate of drug-likeness (QED) is 0.907. The lowest BCUT2D eigenvalue weighted by atomic mass is 10.1. The smallest absolute Gasteiger partial charge is 0.335 e. The van der Waals surface area contributed by atoms with Crippen LogP contribution in [0.2, 0.25) is 5.02 Å². The molecule has 0 fully saturated rings. The van der Waals surface area contributed by atoms with Gasteiger partial charge in [-0.1, -0.05) is 17.7 Å². The van der Waals surface area contributed by atoms with Gasteiger partial charge in [0.2, 0.25) is 0 Å². The highest BCUT2D eigenvalue weighted by Gasteiger charge is 2.10. The Kier molecular flexibility index (Phi) is 4.05. The molecule has 0 saturated heterocycles. The van der Waals surface area contributed by atoms with Crippen LogP contribution >= 0.6 is 11.6 Å². The van der Waals surface area contributed by atoms with E-state index in [1.54, 1.807) is 37.3 Å². The predicted octanol–water partition coefficient (Wildman–Crippen LogP) is 3.60. The van der Waals surface area contributed by atoms with E-state index in [4.69, 9.17) is 16.7 Å². The van der Waals surface area contributed by atoms with E-state index in [-0.39, 0.29) is 11.5 Å². The highest BCUT2D eigenvalue weighted by atomic mass is 35.5. The maximum Gasteiger partial charge on any atom is 0.335 e. The lowest BCUT2D eigenvalue weighted by molar-refractivity contribution is 0.0696. The Labute approximate surface area is 121 Å². The fourth-order valence-electron chi connectivity index (χ4n) is 1.69. The number of benzene rings is 2. The molecule has 0 bridgehead atoms. The molecule has 2 rings (SSSR count). The summed E-state index contributed by atoms with van der Waals surface area (Å²) in [6.45, 7) is 1.79. The van der Waals surface area contributed by atoms with Crippen LogP contribution in [0.1, 0.15) is 26.3 Å². The van der Waals surface area contributed by atoms with Crippen LogP contribution in [0.5, 0.6) is 0 Å². The predicted molar refractivity (Wildman–Crippen MR) is 77.5 cm³/mol. The molecule has 0 spiro atoms. The van der Waals surface area contributed by atoms with Crippen LogP contribution in [-0.2, 0) is 0 Å². The normalized spacial score (nSPS) is 10.1. The molecule has 0 atom stereocenters. The molecule has 0 aliphatic carbocycles. The standard InChI is InChI=1S/C15H12ClNO3/c1-9-2-3-11(15(19)20)8-13(9)17-14(18)10-4-6-12(16)7-5-10/h2-8H,1H3,(H,17,18)(H,19,20). The molecule has 2 N–H and O–H groups in total. The summed E-state index contributed by atoms with van der Waals surface area (Å²) in [6, 6.07) is 11.0. The topological polar surface area (TPSA) is 66.4 Å². The van der Waals surface area contributed by atoms with E-state index in [2.05, 4.69) is 5.32 Å². The molecule has 4 nitrogen and oxygen atoms in total. The Morgan fingerprint density at radius 2 is 1.65 bits per heavy atom. The van der Waals surface area contributed by atoms with Gasteiger partial charge in [-0.3, -0.25) is 4.79 Å². The average molecular weight is 290 g/mol. The zero-order valence-electron chi connectivity index (χ0n) is 10.7. The molecular weight excluding hydrogens is 278 g/mol. The number of halogens is 1. The van der Waals surface area contributed by atoms with Gasteiger partial charge in [-0.2, -0.15) is 0 Å². The van der Waals surface area contributed by atoms with Crippen LogP contribution in [-0.4, -0.2) is 17.0 Å². The van der Waals surface area contributed by atoms with E-state index < -0.39 is 5.97 Å². The Balaban J connectivity index is 2.25. The minimum absolute atomic E-state index is 0.127. The van der Waals surface area contributed by atoms with E-state index in [0.717, 1.165) is 5.56 Å². The molecule has 1 amide bonds. The molecule has 0 heterocycles. The molecule has 2 aromatic carbocycles. The third-order valence-electron chi connectivity index (χ3n) is 2.84. The van der Waals surface area contributed by atoms with Crippen molar-refractivity contribution in [1.29, 1.82) is 0 Å². The van der Waals surface area contributed by atoms with Gasteiger partial charge in [-0.25, -0.2) is 4.79 Å². The molecule has 0 aliphatic heterocycles. The van der Waals surface area contributed by atoms with E-state index >= 15 is 0 Å². The molecule has 0 saturated carbocycles. The molecule has 2 aromatic rings. The number of rotatable bonds is 3. The van der Waals surface area contributed by atoms with Crippen LogP contribution in [0.3, 0.4) is 0 Å². The van der Waals surface area contributed by atoms with Gasteiger partial charge in [0.05, 0.1) is 5.56 Å². The molecule has 0 aliphatic rings.